The third kappa shape index (κ3) is 3.48. The van der Waals surface area contributed by atoms with Gasteiger partial charge in [0.1, 0.15) is 0 Å². The number of fused-ring (bicyclic) bond motifs is 1. The van der Waals surface area contributed by atoms with E-state index in [0.717, 1.165) is 16.6 Å². The van der Waals surface area contributed by atoms with Gasteiger partial charge in [-0.25, -0.2) is 8.42 Å². The number of piperidine rings is 1. The van der Waals surface area contributed by atoms with Crippen LogP contribution in [0.5, 0.6) is 0 Å². The summed E-state index contributed by atoms with van der Waals surface area (Å²) < 4.78 is 26.9. The van der Waals surface area contributed by atoms with Crippen LogP contribution in [0.2, 0.25) is 0 Å². The first-order valence-electron chi connectivity index (χ1n) is 8.98. The van der Waals surface area contributed by atoms with Gasteiger partial charge in [0.25, 0.3) is 0 Å². The highest BCUT2D eigenvalue weighted by Crippen LogP contribution is 2.27. The zero-order chi connectivity index (χ0) is 18.9. The number of hydrogen-bond donors (Lipinski definition) is 2. The lowest BCUT2D eigenvalue weighted by Gasteiger charge is -2.30. The van der Waals surface area contributed by atoms with Crippen LogP contribution in [0, 0.1) is 5.92 Å². The number of aromatic nitrogens is 1. The Kier molecular flexibility index (Phi) is 4.72. The van der Waals surface area contributed by atoms with E-state index < -0.39 is 10.0 Å². The quantitative estimate of drug-likeness (QED) is 0.726. The first-order chi connectivity index (χ1) is 13.1. The number of nitrogens with one attached hydrogen (secondary N) is 2. The van der Waals surface area contributed by atoms with Crippen molar-refractivity contribution >= 4 is 32.5 Å². The van der Waals surface area contributed by atoms with Gasteiger partial charge in [0.05, 0.1) is 10.6 Å². The summed E-state index contributed by atoms with van der Waals surface area (Å²) in [5.41, 5.74) is 1.75. The molecule has 1 fully saturated rings. The third-order valence-electron chi connectivity index (χ3n) is 5.06. The number of carbonyl (C=O) groups excluding carboxylic acids is 1. The lowest BCUT2D eigenvalue weighted by Crippen LogP contribution is -2.41. The fraction of sp³-hybridized carbons (Fsp3) is 0.250. The van der Waals surface area contributed by atoms with Crippen LogP contribution in [0.15, 0.2) is 65.7 Å². The SMILES string of the molecule is O=C(Nc1cccc2[nH]ccc12)C1CCN(S(=O)(=O)c2ccccc2)CC1. The predicted octanol–water partition coefficient (Wildman–Crippen LogP) is 3.21. The Hall–Kier alpha value is -2.64. The Morgan fingerprint density at radius 3 is 2.48 bits per heavy atom. The van der Waals surface area contributed by atoms with E-state index in [1.165, 1.54) is 4.31 Å². The topological polar surface area (TPSA) is 82.3 Å². The maximum Gasteiger partial charge on any atom is 0.243 e. The largest absolute Gasteiger partial charge is 0.361 e. The zero-order valence-corrected chi connectivity index (χ0v) is 15.6. The van der Waals surface area contributed by atoms with Crippen molar-refractivity contribution in [1.82, 2.24) is 9.29 Å². The number of sulfonamides is 1. The fourth-order valence-corrected chi connectivity index (χ4v) is 5.02. The van der Waals surface area contributed by atoms with E-state index in [1.807, 2.05) is 30.5 Å². The molecular formula is C20H21N3O3S. The van der Waals surface area contributed by atoms with Crippen molar-refractivity contribution in [2.24, 2.45) is 5.92 Å². The Balaban J connectivity index is 1.42. The minimum atomic E-state index is -3.49. The normalized spacial score (nSPS) is 16.4. The average Bonchev–Trinajstić information content (AvgIpc) is 3.19. The van der Waals surface area contributed by atoms with Crippen LogP contribution in [0.25, 0.3) is 10.9 Å². The van der Waals surface area contributed by atoms with Crippen molar-refractivity contribution in [3.05, 3.63) is 60.8 Å². The molecular weight excluding hydrogens is 362 g/mol. The number of H-pyrrole nitrogens is 1. The number of carbonyl (C=O) groups is 1. The van der Waals surface area contributed by atoms with E-state index >= 15 is 0 Å². The molecule has 0 saturated carbocycles. The molecule has 1 aliphatic rings. The number of aromatic amines is 1. The fourth-order valence-electron chi connectivity index (χ4n) is 3.53. The van der Waals surface area contributed by atoms with Crippen molar-refractivity contribution in [3.63, 3.8) is 0 Å². The highest BCUT2D eigenvalue weighted by molar-refractivity contribution is 7.89. The second-order valence-corrected chi connectivity index (χ2v) is 8.66. The lowest BCUT2D eigenvalue weighted by molar-refractivity contribution is -0.120. The van der Waals surface area contributed by atoms with E-state index in [4.69, 9.17) is 0 Å². The summed E-state index contributed by atoms with van der Waals surface area (Å²) in [6, 6.07) is 16.1. The summed E-state index contributed by atoms with van der Waals surface area (Å²) in [7, 11) is -3.49. The van der Waals surface area contributed by atoms with Crippen LogP contribution in [-0.2, 0) is 14.8 Å². The maximum absolute atomic E-state index is 12.7. The third-order valence-corrected chi connectivity index (χ3v) is 6.97. The number of rotatable bonds is 4. The number of amides is 1. The van der Waals surface area contributed by atoms with Gasteiger partial charge in [-0.05, 0) is 43.2 Å². The molecule has 0 unspecified atom stereocenters. The molecule has 6 nitrogen and oxygen atoms in total. The molecule has 0 radical (unpaired) electrons. The Labute approximate surface area is 158 Å². The maximum atomic E-state index is 12.7. The molecule has 4 rings (SSSR count). The molecule has 27 heavy (non-hydrogen) atoms. The van der Waals surface area contributed by atoms with E-state index in [9.17, 15) is 13.2 Å². The van der Waals surface area contributed by atoms with Gasteiger partial charge >= 0.3 is 0 Å². The monoisotopic (exact) mass is 383 g/mol. The van der Waals surface area contributed by atoms with E-state index in [-0.39, 0.29) is 11.8 Å². The standard InChI is InChI=1S/C20H21N3O3S/c24-20(22-19-8-4-7-18-17(19)9-12-21-18)15-10-13-23(14-11-15)27(25,26)16-5-2-1-3-6-16/h1-9,12,15,21H,10-11,13-14H2,(H,22,24). The summed E-state index contributed by atoms with van der Waals surface area (Å²) in [6.45, 7) is 0.702. The molecule has 0 atom stereocenters. The first-order valence-corrected chi connectivity index (χ1v) is 10.4. The molecule has 7 heteroatoms. The molecule has 1 amide bonds. The van der Waals surface area contributed by atoms with Gasteiger partial charge in [-0.1, -0.05) is 24.3 Å². The van der Waals surface area contributed by atoms with Gasteiger partial charge in [0.2, 0.25) is 15.9 Å². The second-order valence-electron chi connectivity index (χ2n) is 6.73. The van der Waals surface area contributed by atoms with Crippen LogP contribution < -0.4 is 5.32 Å². The Morgan fingerprint density at radius 1 is 1.00 bits per heavy atom. The van der Waals surface area contributed by atoms with E-state index in [2.05, 4.69) is 10.3 Å². The highest BCUT2D eigenvalue weighted by atomic mass is 32.2. The van der Waals surface area contributed by atoms with Crippen LogP contribution in [0.4, 0.5) is 5.69 Å². The molecule has 0 bridgehead atoms. The van der Waals surface area contributed by atoms with Crippen molar-refractivity contribution in [2.75, 3.05) is 18.4 Å². The Morgan fingerprint density at radius 2 is 1.74 bits per heavy atom. The minimum Gasteiger partial charge on any atom is -0.361 e. The molecule has 3 aromatic rings. The summed E-state index contributed by atoms with van der Waals surface area (Å²) in [6.07, 6.45) is 2.87. The number of anilines is 1. The predicted molar refractivity (Wildman–Crippen MR) is 105 cm³/mol. The molecule has 1 saturated heterocycles. The van der Waals surface area contributed by atoms with Gasteiger partial charge in [-0.3, -0.25) is 4.79 Å². The van der Waals surface area contributed by atoms with Crippen LogP contribution in [0.1, 0.15) is 12.8 Å². The van der Waals surface area contributed by atoms with Gasteiger partial charge in [0, 0.05) is 36.1 Å². The van der Waals surface area contributed by atoms with Gasteiger partial charge in [-0.15, -0.1) is 0 Å². The molecule has 1 aromatic heterocycles. The van der Waals surface area contributed by atoms with Crippen LogP contribution in [0.3, 0.4) is 0 Å². The molecule has 2 N–H and O–H groups in total. The molecule has 2 aromatic carbocycles. The second kappa shape index (κ2) is 7.17. The lowest BCUT2D eigenvalue weighted by atomic mass is 9.97. The Bertz CT molecular complexity index is 1050. The van der Waals surface area contributed by atoms with Crippen LogP contribution >= 0.6 is 0 Å². The van der Waals surface area contributed by atoms with Gasteiger partial charge in [-0.2, -0.15) is 4.31 Å². The van der Waals surface area contributed by atoms with Crippen molar-refractivity contribution in [1.29, 1.82) is 0 Å². The molecule has 2 heterocycles. The molecule has 1 aliphatic heterocycles. The first kappa shape index (κ1) is 17.8. The molecule has 0 spiro atoms. The van der Waals surface area contributed by atoms with Crippen LogP contribution in [-0.4, -0.2) is 36.7 Å². The summed E-state index contributed by atoms with van der Waals surface area (Å²) in [4.78, 5) is 16.1. The summed E-state index contributed by atoms with van der Waals surface area (Å²) in [5, 5.41) is 3.97. The van der Waals surface area contributed by atoms with Gasteiger partial charge in [0.15, 0.2) is 0 Å². The summed E-state index contributed by atoms with van der Waals surface area (Å²) in [5.74, 6) is -0.248. The minimum absolute atomic E-state index is 0.0551. The number of benzene rings is 2. The van der Waals surface area contributed by atoms with Crippen molar-refractivity contribution in [2.45, 2.75) is 17.7 Å². The number of nitrogens with zero attached hydrogens (tertiary/aromatic N) is 1. The van der Waals surface area contributed by atoms with Crippen molar-refractivity contribution in [3.8, 4) is 0 Å². The highest BCUT2D eigenvalue weighted by Gasteiger charge is 2.32. The zero-order valence-electron chi connectivity index (χ0n) is 14.8. The van der Waals surface area contributed by atoms with Gasteiger partial charge < -0.3 is 10.3 Å². The van der Waals surface area contributed by atoms with Crippen molar-refractivity contribution < 1.29 is 13.2 Å². The average molecular weight is 383 g/mol. The summed E-state index contributed by atoms with van der Waals surface area (Å²) >= 11 is 0. The smallest absolute Gasteiger partial charge is 0.243 e. The number of hydrogen-bond acceptors (Lipinski definition) is 3. The molecule has 140 valence electrons. The van der Waals surface area contributed by atoms with E-state index in [0.29, 0.717) is 30.8 Å². The van der Waals surface area contributed by atoms with E-state index in [1.54, 1.807) is 30.3 Å². The molecule has 0 aliphatic carbocycles.